The zero-order valence-corrected chi connectivity index (χ0v) is 10.1. The molecule has 0 fully saturated rings. The second kappa shape index (κ2) is 4.26. The molecule has 18 heavy (non-hydrogen) atoms. The molecule has 0 aliphatic rings. The SMILES string of the molecule is CCc1c(-c2cccnc2)[nH]c2c(F)cccc12. The third kappa shape index (κ3) is 1.59. The Morgan fingerprint density at radius 2 is 2.11 bits per heavy atom. The maximum absolute atomic E-state index is 13.8. The van der Waals surface area contributed by atoms with Crippen molar-refractivity contribution in [3.8, 4) is 11.3 Å². The van der Waals surface area contributed by atoms with E-state index in [9.17, 15) is 4.39 Å². The lowest BCUT2D eigenvalue weighted by atomic mass is 10.0. The van der Waals surface area contributed by atoms with E-state index in [1.165, 1.54) is 6.07 Å². The van der Waals surface area contributed by atoms with Gasteiger partial charge in [0, 0.05) is 23.3 Å². The predicted molar refractivity (Wildman–Crippen MR) is 70.9 cm³/mol. The number of benzene rings is 1. The highest BCUT2D eigenvalue weighted by Gasteiger charge is 2.13. The molecule has 0 spiro atoms. The predicted octanol–water partition coefficient (Wildman–Crippen LogP) is 3.93. The van der Waals surface area contributed by atoms with Gasteiger partial charge in [-0.1, -0.05) is 19.1 Å². The van der Waals surface area contributed by atoms with Crippen molar-refractivity contribution in [2.75, 3.05) is 0 Å². The van der Waals surface area contributed by atoms with Crippen LogP contribution in [0.2, 0.25) is 0 Å². The number of aromatic nitrogens is 2. The van der Waals surface area contributed by atoms with Gasteiger partial charge in [0.05, 0.1) is 11.2 Å². The molecule has 3 heteroatoms. The first-order chi connectivity index (χ1) is 8.81. The molecule has 0 aliphatic carbocycles. The highest BCUT2D eigenvalue weighted by Crippen LogP contribution is 2.31. The number of para-hydroxylation sites is 1. The fourth-order valence-corrected chi connectivity index (χ4v) is 2.36. The highest BCUT2D eigenvalue weighted by molar-refractivity contribution is 5.91. The Balaban J connectivity index is 2.33. The Kier molecular flexibility index (Phi) is 2.59. The molecule has 0 unspecified atom stereocenters. The number of hydrogen-bond acceptors (Lipinski definition) is 1. The van der Waals surface area contributed by atoms with Crippen molar-refractivity contribution in [2.45, 2.75) is 13.3 Å². The molecule has 0 atom stereocenters. The Morgan fingerprint density at radius 3 is 2.83 bits per heavy atom. The van der Waals surface area contributed by atoms with Gasteiger partial charge in [-0.15, -0.1) is 0 Å². The zero-order valence-electron chi connectivity index (χ0n) is 10.1. The molecular weight excluding hydrogens is 227 g/mol. The first-order valence-electron chi connectivity index (χ1n) is 6.00. The fraction of sp³-hybridized carbons (Fsp3) is 0.133. The molecule has 0 radical (unpaired) electrons. The molecule has 2 nitrogen and oxygen atoms in total. The van der Waals surface area contributed by atoms with E-state index < -0.39 is 0 Å². The second-order valence-corrected chi connectivity index (χ2v) is 4.24. The number of pyridine rings is 1. The van der Waals surface area contributed by atoms with Crippen LogP contribution in [-0.4, -0.2) is 9.97 Å². The lowest BCUT2D eigenvalue weighted by molar-refractivity contribution is 0.637. The third-order valence-electron chi connectivity index (χ3n) is 3.19. The van der Waals surface area contributed by atoms with Crippen LogP contribution in [0, 0.1) is 5.82 Å². The number of aryl methyl sites for hydroxylation is 1. The molecule has 2 aromatic heterocycles. The van der Waals surface area contributed by atoms with Gasteiger partial charge >= 0.3 is 0 Å². The quantitative estimate of drug-likeness (QED) is 0.722. The van der Waals surface area contributed by atoms with E-state index in [0.29, 0.717) is 5.52 Å². The van der Waals surface area contributed by atoms with Gasteiger partial charge in [-0.05, 0) is 30.2 Å². The van der Waals surface area contributed by atoms with Crippen LogP contribution in [0.3, 0.4) is 0 Å². The summed E-state index contributed by atoms with van der Waals surface area (Å²) < 4.78 is 13.8. The maximum atomic E-state index is 13.8. The summed E-state index contributed by atoms with van der Waals surface area (Å²) >= 11 is 0. The molecule has 0 saturated heterocycles. The van der Waals surface area contributed by atoms with Gasteiger partial charge in [-0.2, -0.15) is 0 Å². The van der Waals surface area contributed by atoms with Crippen LogP contribution < -0.4 is 0 Å². The number of aromatic amines is 1. The van der Waals surface area contributed by atoms with Crippen LogP contribution in [-0.2, 0) is 6.42 Å². The van der Waals surface area contributed by atoms with E-state index >= 15 is 0 Å². The minimum Gasteiger partial charge on any atom is -0.352 e. The summed E-state index contributed by atoms with van der Waals surface area (Å²) in [6, 6.07) is 9.04. The van der Waals surface area contributed by atoms with E-state index in [1.807, 2.05) is 18.2 Å². The van der Waals surface area contributed by atoms with E-state index in [4.69, 9.17) is 0 Å². The standard InChI is InChI=1S/C15H13FN2/c1-2-11-12-6-3-7-13(16)15(12)18-14(11)10-5-4-8-17-9-10/h3-9,18H,2H2,1H3. The lowest BCUT2D eigenvalue weighted by Gasteiger charge is -2.01. The largest absolute Gasteiger partial charge is 0.352 e. The third-order valence-corrected chi connectivity index (χ3v) is 3.19. The van der Waals surface area contributed by atoms with Gasteiger partial charge in [0.15, 0.2) is 0 Å². The Bertz CT molecular complexity index is 686. The molecular formula is C15H13FN2. The molecule has 3 rings (SSSR count). The van der Waals surface area contributed by atoms with E-state index in [2.05, 4.69) is 16.9 Å². The summed E-state index contributed by atoms with van der Waals surface area (Å²) in [7, 11) is 0. The van der Waals surface area contributed by atoms with Crippen molar-refractivity contribution >= 4 is 10.9 Å². The van der Waals surface area contributed by atoms with Crippen LogP contribution in [0.1, 0.15) is 12.5 Å². The highest BCUT2D eigenvalue weighted by atomic mass is 19.1. The van der Waals surface area contributed by atoms with Gasteiger partial charge in [-0.3, -0.25) is 4.98 Å². The number of fused-ring (bicyclic) bond motifs is 1. The van der Waals surface area contributed by atoms with Crippen LogP contribution in [0.25, 0.3) is 22.2 Å². The van der Waals surface area contributed by atoms with Gasteiger partial charge in [0.1, 0.15) is 5.82 Å². The van der Waals surface area contributed by atoms with Gasteiger partial charge in [-0.25, -0.2) is 4.39 Å². The van der Waals surface area contributed by atoms with Crippen molar-refractivity contribution in [1.82, 2.24) is 9.97 Å². The molecule has 3 aromatic rings. The summed E-state index contributed by atoms with van der Waals surface area (Å²) in [5.74, 6) is -0.211. The first kappa shape index (κ1) is 11.0. The lowest BCUT2D eigenvalue weighted by Crippen LogP contribution is -1.85. The van der Waals surface area contributed by atoms with E-state index in [1.54, 1.807) is 18.5 Å². The van der Waals surface area contributed by atoms with Crippen molar-refractivity contribution in [1.29, 1.82) is 0 Å². The number of H-pyrrole nitrogens is 1. The molecule has 90 valence electrons. The zero-order chi connectivity index (χ0) is 12.5. The summed E-state index contributed by atoms with van der Waals surface area (Å²) in [6.45, 7) is 2.08. The van der Waals surface area contributed by atoms with Gasteiger partial charge in [0.25, 0.3) is 0 Å². The topological polar surface area (TPSA) is 28.7 Å². The number of rotatable bonds is 2. The molecule has 0 bridgehead atoms. The second-order valence-electron chi connectivity index (χ2n) is 4.24. The van der Waals surface area contributed by atoms with Crippen molar-refractivity contribution < 1.29 is 4.39 Å². The smallest absolute Gasteiger partial charge is 0.147 e. The Labute approximate surface area is 104 Å². The Morgan fingerprint density at radius 1 is 1.22 bits per heavy atom. The van der Waals surface area contributed by atoms with Gasteiger partial charge < -0.3 is 4.98 Å². The fourth-order valence-electron chi connectivity index (χ4n) is 2.36. The number of hydrogen-bond donors (Lipinski definition) is 1. The van der Waals surface area contributed by atoms with Crippen molar-refractivity contribution in [3.05, 3.63) is 54.1 Å². The van der Waals surface area contributed by atoms with E-state index in [-0.39, 0.29) is 5.82 Å². The molecule has 0 aliphatic heterocycles. The molecule has 0 saturated carbocycles. The average Bonchev–Trinajstić information content (AvgIpc) is 2.80. The molecule has 1 aromatic carbocycles. The van der Waals surface area contributed by atoms with E-state index in [0.717, 1.165) is 28.6 Å². The normalized spacial score (nSPS) is 11.0. The average molecular weight is 240 g/mol. The summed E-state index contributed by atoms with van der Waals surface area (Å²) in [4.78, 5) is 7.30. The molecule has 2 heterocycles. The first-order valence-corrected chi connectivity index (χ1v) is 6.00. The summed E-state index contributed by atoms with van der Waals surface area (Å²) in [5.41, 5.74) is 3.67. The number of nitrogens with one attached hydrogen (secondary N) is 1. The minimum atomic E-state index is -0.211. The minimum absolute atomic E-state index is 0.211. The molecule has 1 N–H and O–H groups in total. The maximum Gasteiger partial charge on any atom is 0.147 e. The summed E-state index contributed by atoms with van der Waals surface area (Å²) in [6.07, 6.45) is 4.38. The van der Waals surface area contributed by atoms with Crippen molar-refractivity contribution in [3.63, 3.8) is 0 Å². The molecule has 0 amide bonds. The van der Waals surface area contributed by atoms with Crippen molar-refractivity contribution in [2.24, 2.45) is 0 Å². The van der Waals surface area contributed by atoms with Gasteiger partial charge in [0.2, 0.25) is 0 Å². The van der Waals surface area contributed by atoms with Crippen LogP contribution >= 0.6 is 0 Å². The summed E-state index contributed by atoms with van der Waals surface area (Å²) in [5, 5.41) is 0.955. The number of nitrogens with zero attached hydrogens (tertiary/aromatic N) is 1. The van der Waals surface area contributed by atoms with Crippen LogP contribution in [0.4, 0.5) is 4.39 Å². The van der Waals surface area contributed by atoms with Crippen LogP contribution in [0.5, 0.6) is 0 Å². The number of halogens is 1. The monoisotopic (exact) mass is 240 g/mol. The Hall–Kier alpha value is -2.16. The van der Waals surface area contributed by atoms with Crippen LogP contribution in [0.15, 0.2) is 42.7 Å².